The van der Waals surface area contributed by atoms with Crippen molar-refractivity contribution in [3.63, 3.8) is 0 Å². The Hall–Kier alpha value is -2.04. The molecule has 2 rings (SSSR count). The van der Waals surface area contributed by atoms with E-state index in [2.05, 4.69) is 0 Å². The summed E-state index contributed by atoms with van der Waals surface area (Å²) in [5.41, 5.74) is 3.90. The van der Waals surface area contributed by atoms with Gasteiger partial charge in [0.1, 0.15) is 11.5 Å². The minimum Gasteiger partial charge on any atom is -0.508 e. The lowest BCUT2D eigenvalue weighted by Gasteiger charge is -2.22. The first kappa shape index (κ1) is 16.3. The van der Waals surface area contributed by atoms with E-state index in [0.717, 1.165) is 28.0 Å². The van der Waals surface area contributed by atoms with Crippen molar-refractivity contribution < 1.29 is 19.3 Å². The molecule has 0 aliphatic rings. The van der Waals surface area contributed by atoms with Crippen molar-refractivity contribution >= 4 is 0 Å². The van der Waals surface area contributed by atoms with Gasteiger partial charge in [-0.15, -0.1) is 0 Å². The van der Waals surface area contributed by atoms with Gasteiger partial charge in [0.05, 0.1) is 6.61 Å². The van der Waals surface area contributed by atoms with Crippen LogP contribution in [-0.4, -0.2) is 19.3 Å². The van der Waals surface area contributed by atoms with Gasteiger partial charge in [-0.05, 0) is 42.7 Å². The molecule has 0 aliphatic heterocycles. The van der Waals surface area contributed by atoms with Gasteiger partial charge < -0.3 is 19.3 Å². The predicted molar refractivity (Wildman–Crippen MR) is 85.1 cm³/mol. The third-order valence-electron chi connectivity index (χ3n) is 3.60. The van der Waals surface area contributed by atoms with E-state index in [1.807, 2.05) is 32.0 Å². The maximum Gasteiger partial charge on any atom is 0.226 e. The summed E-state index contributed by atoms with van der Waals surface area (Å²) in [6, 6.07) is 10.9. The van der Waals surface area contributed by atoms with Crippen molar-refractivity contribution in [2.24, 2.45) is 0 Å². The highest BCUT2D eigenvalue weighted by Crippen LogP contribution is 2.32. The lowest BCUT2D eigenvalue weighted by molar-refractivity contribution is -0.0572. The molecule has 0 aromatic heterocycles. The Kier molecular flexibility index (Phi) is 5.41. The van der Waals surface area contributed by atoms with E-state index in [0.29, 0.717) is 6.61 Å². The van der Waals surface area contributed by atoms with Crippen molar-refractivity contribution in [1.82, 2.24) is 0 Å². The van der Waals surface area contributed by atoms with Gasteiger partial charge in [0.25, 0.3) is 0 Å². The molecule has 0 amide bonds. The molecule has 0 heterocycles. The van der Waals surface area contributed by atoms with E-state index in [1.54, 1.807) is 32.4 Å². The lowest BCUT2D eigenvalue weighted by Crippen LogP contribution is -2.12. The predicted octanol–water partition coefficient (Wildman–Crippen LogP) is 3.88. The molecule has 0 radical (unpaired) electrons. The number of phenols is 1. The summed E-state index contributed by atoms with van der Waals surface area (Å²) in [7, 11) is 3.25. The minimum atomic E-state index is -0.581. The summed E-state index contributed by atoms with van der Waals surface area (Å²) < 4.78 is 16.7. The summed E-state index contributed by atoms with van der Waals surface area (Å²) in [4.78, 5) is 0. The van der Waals surface area contributed by atoms with Crippen molar-refractivity contribution in [1.29, 1.82) is 0 Å². The second kappa shape index (κ2) is 7.29. The monoisotopic (exact) mass is 302 g/mol. The number of aromatic hydroxyl groups is 1. The zero-order valence-corrected chi connectivity index (χ0v) is 13.4. The first-order chi connectivity index (χ1) is 10.6. The number of ether oxygens (including phenoxy) is 3. The molecule has 0 bridgehead atoms. The third-order valence-corrected chi connectivity index (χ3v) is 3.60. The van der Waals surface area contributed by atoms with Crippen LogP contribution in [0.25, 0.3) is 0 Å². The van der Waals surface area contributed by atoms with Gasteiger partial charge in [0.15, 0.2) is 0 Å². The summed E-state index contributed by atoms with van der Waals surface area (Å²) in [5.74, 6) is 0.967. The van der Waals surface area contributed by atoms with Crippen LogP contribution >= 0.6 is 0 Å². The normalized spacial score (nSPS) is 12.2. The van der Waals surface area contributed by atoms with Crippen molar-refractivity contribution in [3.05, 3.63) is 58.7 Å². The molecule has 1 atom stereocenters. The lowest BCUT2D eigenvalue weighted by atomic mass is 10.0. The van der Waals surface area contributed by atoms with Crippen LogP contribution in [-0.2, 0) is 16.1 Å². The Morgan fingerprint density at radius 1 is 1.09 bits per heavy atom. The number of methoxy groups -OCH3 is 2. The van der Waals surface area contributed by atoms with Gasteiger partial charge in [0, 0.05) is 19.8 Å². The van der Waals surface area contributed by atoms with E-state index in [9.17, 15) is 5.11 Å². The van der Waals surface area contributed by atoms with Crippen LogP contribution < -0.4 is 4.74 Å². The average Bonchev–Trinajstić information content (AvgIpc) is 2.50. The summed E-state index contributed by atoms with van der Waals surface area (Å²) in [6.07, 6.45) is -0.581. The number of benzene rings is 2. The van der Waals surface area contributed by atoms with E-state index in [-0.39, 0.29) is 5.75 Å². The number of hydrogen-bond acceptors (Lipinski definition) is 4. The third kappa shape index (κ3) is 3.59. The molecule has 4 nitrogen and oxygen atoms in total. The summed E-state index contributed by atoms with van der Waals surface area (Å²) in [6.45, 7) is 4.53. The molecular weight excluding hydrogens is 280 g/mol. The number of hydrogen-bond donors (Lipinski definition) is 1. The zero-order chi connectivity index (χ0) is 16.1. The molecule has 1 unspecified atom stereocenters. The summed E-state index contributed by atoms with van der Waals surface area (Å²) in [5, 5.41) is 9.62. The van der Waals surface area contributed by atoms with Crippen LogP contribution in [0, 0.1) is 13.8 Å². The maximum absolute atomic E-state index is 9.62. The number of phenolic OH excluding ortho intramolecular Hbond substituents is 1. The second-order valence-corrected chi connectivity index (χ2v) is 5.21. The van der Waals surface area contributed by atoms with Gasteiger partial charge in [-0.3, -0.25) is 0 Å². The highest BCUT2D eigenvalue weighted by atomic mass is 16.7. The Balaban J connectivity index is 2.33. The maximum atomic E-state index is 9.62. The van der Waals surface area contributed by atoms with Gasteiger partial charge in [0.2, 0.25) is 6.29 Å². The fourth-order valence-corrected chi connectivity index (χ4v) is 2.39. The van der Waals surface area contributed by atoms with Gasteiger partial charge in [-0.25, -0.2) is 0 Å². The molecule has 0 aliphatic carbocycles. The molecule has 0 saturated carbocycles. The Bertz CT molecular complexity index is 637. The standard InChI is InChI=1S/C18H22O4/c1-12-8-9-15(11-20-3)13(2)17(12)22-18(21-4)14-6-5-7-16(19)10-14/h5-10,18-19H,11H2,1-4H3. The van der Waals surface area contributed by atoms with Crippen molar-refractivity contribution in [2.75, 3.05) is 14.2 Å². The quantitative estimate of drug-likeness (QED) is 0.823. The molecule has 2 aromatic rings. The minimum absolute atomic E-state index is 0.185. The molecule has 0 fully saturated rings. The van der Waals surface area contributed by atoms with Gasteiger partial charge in [-0.2, -0.15) is 0 Å². The van der Waals surface area contributed by atoms with Crippen LogP contribution in [0.15, 0.2) is 36.4 Å². The van der Waals surface area contributed by atoms with Crippen molar-refractivity contribution in [3.8, 4) is 11.5 Å². The van der Waals surface area contributed by atoms with Crippen LogP contribution in [0.3, 0.4) is 0 Å². The van der Waals surface area contributed by atoms with Crippen LogP contribution in [0.1, 0.15) is 28.5 Å². The van der Waals surface area contributed by atoms with E-state index >= 15 is 0 Å². The average molecular weight is 302 g/mol. The Morgan fingerprint density at radius 2 is 1.86 bits per heavy atom. The van der Waals surface area contributed by atoms with Crippen LogP contribution in [0.2, 0.25) is 0 Å². The molecule has 2 aromatic carbocycles. The summed E-state index contributed by atoms with van der Waals surface area (Å²) >= 11 is 0. The van der Waals surface area contributed by atoms with Crippen LogP contribution in [0.5, 0.6) is 11.5 Å². The Morgan fingerprint density at radius 3 is 2.50 bits per heavy atom. The first-order valence-corrected chi connectivity index (χ1v) is 7.13. The molecule has 118 valence electrons. The highest BCUT2D eigenvalue weighted by Gasteiger charge is 2.17. The molecular formula is C18H22O4. The second-order valence-electron chi connectivity index (χ2n) is 5.21. The van der Waals surface area contributed by atoms with Gasteiger partial charge >= 0.3 is 0 Å². The molecule has 22 heavy (non-hydrogen) atoms. The Labute approximate surface area is 131 Å². The fourth-order valence-electron chi connectivity index (χ4n) is 2.39. The first-order valence-electron chi connectivity index (χ1n) is 7.13. The fraction of sp³-hybridized carbons (Fsp3) is 0.333. The molecule has 4 heteroatoms. The molecule has 1 N–H and O–H groups in total. The number of rotatable bonds is 6. The SMILES string of the molecule is COCc1ccc(C)c(OC(OC)c2cccc(O)c2)c1C. The van der Waals surface area contributed by atoms with E-state index in [1.165, 1.54) is 0 Å². The smallest absolute Gasteiger partial charge is 0.226 e. The highest BCUT2D eigenvalue weighted by molar-refractivity contribution is 5.45. The van der Waals surface area contributed by atoms with E-state index in [4.69, 9.17) is 14.2 Å². The zero-order valence-electron chi connectivity index (χ0n) is 13.4. The number of aryl methyl sites for hydroxylation is 1. The molecule has 0 spiro atoms. The van der Waals surface area contributed by atoms with E-state index < -0.39 is 6.29 Å². The molecule has 0 saturated heterocycles. The van der Waals surface area contributed by atoms with Crippen molar-refractivity contribution in [2.45, 2.75) is 26.7 Å². The topological polar surface area (TPSA) is 47.9 Å². The van der Waals surface area contributed by atoms with Gasteiger partial charge in [-0.1, -0.05) is 24.3 Å². The largest absolute Gasteiger partial charge is 0.508 e. The van der Waals surface area contributed by atoms with Crippen LogP contribution in [0.4, 0.5) is 0 Å².